The molecule has 0 aromatic heterocycles. The van der Waals surface area contributed by atoms with E-state index >= 15 is 0 Å². The fraction of sp³-hybridized carbons (Fsp3) is 0.400. The lowest BCUT2D eigenvalue weighted by Crippen LogP contribution is -1.91. The summed E-state index contributed by atoms with van der Waals surface area (Å²) in [7, 11) is -0.570. The molecule has 0 radical (unpaired) electrons. The van der Waals surface area contributed by atoms with Gasteiger partial charge in [-0.25, -0.2) is 8.78 Å². The van der Waals surface area contributed by atoms with Crippen LogP contribution in [0.1, 0.15) is 17.6 Å². The third-order valence-electron chi connectivity index (χ3n) is 1.75. The van der Waals surface area contributed by atoms with Crippen LogP contribution in [0.25, 0.3) is 0 Å². The number of alkyl halides is 2. The maximum atomic E-state index is 12.4. The average molecular weight is 252 g/mol. The molecule has 1 aromatic carbocycles. The Bertz CT molecular complexity index is 316. The Kier molecular flexibility index (Phi) is 6.24. The molecule has 1 atom stereocenters. The van der Waals surface area contributed by atoms with Crippen molar-refractivity contribution in [2.24, 2.45) is 0 Å². The van der Waals surface area contributed by atoms with Crippen molar-refractivity contribution in [3.05, 3.63) is 29.3 Å². The van der Waals surface area contributed by atoms with Gasteiger partial charge in [0.25, 0.3) is 6.43 Å². The molecule has 0 saturated carbocycles. The van der Waals surface area contributed by atoms with E-state index in [4.69, 9.17) is 4.52 Å². The molecule has 0 fully saturated rings. The zero-order valence-electron chi connectivity index (χ0n) is 9.13. The first kappa shape index (κ1) is 14.7. The molecule has 0 aliphatic carbocycles. The molecule has 1 rings (SSSR count). The van der Waals surface area contributed by atoms with Crippen molar-refractivity contribution in [3.63, 3.8) is 0 Å². The van der Waals surface area contributed by atoms with Crippen molar-refractivity contribution >= 4 is 18.0 Å². The van der Waals surface area contributed by atoms with Gasteiger partial charge in [0.05, 0.1) is 8.15 Å². The Balaban J connectivity index is 0.00000196. The van der Waals surface area contributed by atoms with Crippen LogP contribution < -0.4 is 4.52 Å². The van der Waals surface area contributed by atoms with Crippen LogP contribution in [0.2, 0.25) is 0 Å². The smallest absolute Gasteiger partial charge is 0.263 e. The van der Waals surface area contributed by atoms with E-state index in [1.807, 2.05) is 20.3 Å². The van der Waals surface area contributed by atoms with Gasteiger partial charge in [-0.05, 0) is 31.9 Å². The van der Waals surface area contributed by atoms with Crippen molar-refractivity contribution in [1.82, 2.24) is 0 Å². The Morgan fingerprint density at radius 1 is 1.27 bits per heavy atom. The lowest BCUT2D eigenvalue weighted by Gasteiger charge is -2.13. The summed E-state index contributed by atoms with van der Waals surface area (Å²) in [4.78, 5) is 0. The minimum atomic E-state index is -2.43. The molecule has 1 aromatic rings. The molecule has 0 spiro atoms. The van der Waals surface area contributed by atoms with Crippen molar-refractivity contribution in [2.75, 3.05) is 13.3 Å². The summed E-state index contributed by atoms with van der Waals surface area (Å²) in [6.07, 6.45) is -2.43. The molecule has 1 unspecified atom stereocenters. The van der Waals surface area contributed by atoms with Gasteiger partial charge in [0.1, 0.15) is 5.75 Å². The largest absolute Gasteiger partial charge is 0.474 e. The normalized spacial score (nSPS) is 10.3. The van der Waals surface area contributed by atoms with E-state index < -0.39 is 14.6 Å². The summed E-state index contributed by atoms with van der Waals surface area (Å²) < 4.78 is 30.2. The minimum Gasteiger partial charge on any atom is -0.474 e. The van der Waals surface area contributed by atoms with Crippen LogP contribution in [-0.4, -0.2) is 13.3 Å². The standard InChI is InChI=1S/C10H13F2OP.H3P/c1-7-4-5-8(10(11)12)6-9(7)13-14(2)3;/h4-6,10H,1-3H3;1H3. The summed E-state index contributed by atoms with van der Waals surface area (Å²) in [5.74, 6) is 0.568. The molecule has 0 bridgehead atoms. The maximum absolute atomic E-state index is 12.4. The lowest BCUT2D eigenvalue weighted by molar-refractivity contribution is 0.151. The van der Waals surface area contributed by atoms with Gasteiger partial charge < -0.3 is 4.52 Å². The Morgan fingerprint density at radius 3 is 2.33 bits per heavy atom. The van der Waals surface area contributed by atoms with Crippen molar-refractivity contribution in [3.8, 4) is 5.75 Å². The fourth-order valence-corrected chi connectivity index (χ4v) is 1.64. The predicted octanol–water partition coefficient (Wildman–Crippen LogP) is 4.03. The maximum Gasteiger partial charge on any atom is 0.263 e. The van der Waals surface area contributed by atoms with Crippen molar-refractivity contribution in [2.45, 2.75) is 13.3 Å². The first-order chi connectivity index (χ1) is 6.50. The van der Waals surface area contributed by atoms with E-state index in [1.165, 1.54) is 12.1 Å². The van der Waals surface area contributed by atoms with Crippen LogP contribution >= 0.6 is 18.0 Å². The van der Waals surface area contributed by atoms with E-state index in [2.05, 4.69) is 0 Å². The van der Waals surface area contributed by atoms with Crippen LogP contribution in [-0.2, 0) is 0 Å². The highest BCUT2D eigenvalue weighted by atomic mass is 31.1. The van der Waals surface area contributed by atoms with Gasteiger partial charge in [-0.1, -0.05) is 12.1 Å². The third kappa shape index (κ3) is 4.40. The van der Waals surface area contributed by atoms with Gasteiger partial charge in [0.2, 0.25) is 0 Å². The van der Waals surface area contributed by atoms with Crippen LogP contribution in [0, 0.1) is 6.92 Å². The molecule has 0 N–H and O–H groups in total. The highest BCUT2D eigenvalue weighted by Gasteiger charge is 2.10. The molecular formula is C10H16F2OP2. The van der Waals surface area contributed by atoms with Gasteiger partial charge in [-0.3, -0.25) is 0 Å². The first-order valence-electron chi connectivity index (χ1n) is 4.24. The number of aryl methyl sites for hydroxylation is 1. The minimum absolute atomic E-state index is 0. The van der Waals surface area contributed by atoms with E-state index in [1.54, 1.807) is 6.07 Å². The first-order valence-corrected chi connectivity index (χ1v) is 6.40. The molecule has 0 aliphatic rings. The number of halogens is 2. The van der Waals surface area contributed by atoms with Gasteiger partial charge in [-0.15, -0.1) is 0 Å². The summed E-state index contributed by atoms with van der Waals surface area (Å²) in [5, 5.41) is 0. The number of rotatable bonds is 3. The van der Waals surface area contributed by atoms with E-state index in [-0.39, 0.29) is 15.5 Å². The average Bonchev–Trinajstić information content (AvgIpc) is 2.07. The van der Waals surface area contributed by atoms with Crippen LogP contribution in [0.15, 0.2) is 18.2 Å². The van der Waals surface area contributed by atoms with Crippen LogP contribution in [0.3, 0.4) is 0 Å². The molecule has 5 heteroatoms. The number of hydrogen-bond donors (Lipinski definition) is 0. The van der Waals surface area contributed by atoms with Crippen molar-refractivity contribution < 1.29 is 13.3 Å². The molecule has 0 amide bonds. The summed E-state index contributed by atoms with van der Waals surface area (Å²) >= 11 is 0. The molecule has 0 saturated heterocycles. The van der Waals surface area contributed by atoms with Gasteiger partial charge in [0, 0.05) is 5.56 Å². The highest BCUT2D eigenvalue weighted by Crippen LogP contribution is 2.34. The third-order valence-corrected chi connectivity index (χ3v) is 2.31. The second kappa shape index (κ2) is 6.35. The fourth-order valence-electron chi connectivity index (χ4n) is 1.05. The summed E-state index contributed by atoms with van der Waals surface area (Å²) in [5.41, 5.74) is 0.910. The SMILES string of the molecule is Cc1ccc(C(F)F)cc1OP(C)C.P. The predicted molar refractivity (Wildman–Crippen MR) is 66.6 cm³/mol. The lowest BCUT2D eigenvalue weighted by atomic mass is 10.1. The van der Waals surface area contributed by atoms with E-state index in [0.717, 1.165) is 5.56 Å². The number of hydrogen-bond acceptors (Lipinski definition) is 1. The van der Waals surface area contributed by atoms with Crippen LogP contribution in [0.4, 0.5) is 8.78 Å². The molecule has 15 heavy (non-hydrogen) atoms. The Morgan fingerprint density at radius 2 is 1.87 bits per heavy atom. The van der Waals surface area contributed by atoms with Crippen molar-refractivity contribution in [1.29, 1.82) is 0 Å². The summed E-state index contributed by atoms with van der Waals surface area (Å²) in [6, 6.07) is 4.51. The zero-order valence-corrected chi connectivity index (χ0v) is 11.4. The molecular weight excluding hydrogens is 236 g/mol. The molecule has 1 nitrogen and oxygen atoms in total. The second-order valence-electron chi connectivity index (χ2n) is 3.23. The second-order valence-corrected chi connectivity index (χ2v) is 5.04. The van der Waals surface area contributed by atoms with Gasteiger partial charge >= 0.3 is 0 Å². The quantitative estimate of drug-likeness (QED) is 0.738. The molecule has 86 valence electrons. The Hall–Kier alpha value is -0.260. The summed E-state index contributed by atoms with van der Waals surface area (Å²) in [6.45, 7) is 5.72. The zero-order chi connectivity index (χ0) is 10.7. The van der Waals surface area contributed by atoms with Gasteiger partial charge in [0.15, 0.2) is 0 Å². The molecule has 0 heterocycles. The Labute approximate surface area is 93.7 Å². The van der Waals surface area contributed by atoms with Gasteiger partial charge in [-0.2, -0.15) is 9.90 Å². The number of benzene rings is 1. The molecule has 0 aliphatic heterocycles. The van der Waals surface area contributed by atoms with E-state index in [9.17, 15) is 8.78 Å². The topological polar surface area (TPSA) is 9.23 Å². The van der Waals surface area contributed by atoms with E-state index in [0.29, 0.717) is 5.75 Å². The highest BCUT2D eigenvalue weighted by molar-refractivity contribution is 7.51. The van der Waals surface area contributed by atoms with Crippen LogP contribution in [0.5, 0.6) is 5.75 Å². The monoisotopic (exact) mass is 252 g/mol.